The Balaban J connectivity index is 0.000000175. The van der Waals surface area contributed by atoms with E-state index in [0.29, 0.717) is 84.6 Å². The molecule has 12 rings (SSSR count). The Morgan fingerprint density at radius 1 is 0.346 bits per heavy atom. The Kier molecular flexibility index (Phi) is 29.4. The number of aryl methyl sites for hydroxylation is 1. The predicted molar refractivity (Wildman–Crippen MR) is 412 cm³/mol. The molecule has 12 aromatic rings. The van der Waals surface area contributed by atoms with E-state index in [0.717, 1.165) is 54.7 Å². The minimum Gasteiger partial charge on any atom is -0.497 e. The highest BCUT2D eigenvalue weighted by Crippen LogP contribution is 2.27. The molecule has 4 heterocycles. The van der Waals surface area contributed by atoms with Gasteiger partial charge in [0.1, 0.15) is 34.8 Å². The Hall–Kier alpha value is -12.9. The number of anilines is 12. The number of hydrogen-bond donors (Lipinski definition) is 8. The largest absolute Gasteiger partial charge is 0.497 e. The third-order valence-electron chi connectivity index (χ3n) is 14.9. The minimum atomic E-state index is 0. The lowest BCUT2D eigenvalue weighted by Crippen LogP contribution is -2.20. The average Bonchev–Trinajstić information content (AvgIpc) is 0.854. The number of hydrogen-bond acceptors (Lipinski definition) is 27. The molecule has 0 amide bonds. The Morgan fingerprint density at radius 2 is 0.683 bits per heavy atom. The number of nitrogens with zero attached hydrogens (tertiary/aromatic N) is 17. The van der Waals surface area contributed by atoms with Crippen LogP contribution in [-0.2, 0) is 52.4 Å². The van der Waals surface area contributed by atoms with Crippen LogP contribution in [0.25, 0.3) is 0 Å². The number of ether oxygens (including phenoxy) is 2. The molecular formula is C77H89N25O2. The smallest absolute Gasteiger partial charge is 0.232 e. The van der Waals surface area contributed by atoms with Crippen molar-refractivity contribution in [1.82, 2.24) is 79.4 Å². The first-order valence-corrected chi connectivity index (χ1v) is 32.8. The molecule has 12 N–H and O–H groups in total. The molecule has 0 aliphatic heterocycles. The first-order valence-electron chi connectivity index (χ1n) is 32.8. The molecule has 104 heavy (non-hydrogen) atoms. The third kappa shape index (κ3) is 26.3. The van der Waals surface area contributed by atoms with Gasteiger partial charge in [-0.1, -0.05) is 171 Å². The van der Waals surface area contributed by atoms with Crippen molar-refractivity contribution in [3.63, 3.8) is 0 Å². The number of para-hydroxylation sites is 2. The summed E-state index contributed by atoms with van der Waals surface area (Å²) in [6.07, 6.45) is 0. The van der Waals surface area contributed by atoms with Gasteiger partial charge in [-0.2, -0.15) is 65.1 Å². The van der Waals surface area contributed by atoms with Crippen LogP contribution in [0.4, 0.5) is 70.3 Å². The van der Waals surface area contributed by atoms with Crippen LogP contribution in [0.15, 0.2) is 218 Å². The standard InChI is InChI=1S/C19H19N7.2C19H22N6O.C19H22N6.CH4/c1-26(12-14-6-3-2-4-7-14)13-17-23-18(21)25-19(24-17)22-16-9-5-8-15(10-16)11-20;1-25(12-14-8-4-3-5-9-14)13-17-22-18(20)24-19(23-17)21-15-10-6-7-11-16(15)26-2;1-25(12-14-7-4-3-5-8-14)13-17-22-18(20)24-19(23-17)21-15-9-6-10-16(11-15)26-2;1-14-8-10-16(11-9-14)21-19-23-17(22-18(20)24-19)13-25(2)12-15-6-4-3-5-7-15;/h2-10H,12-13H2,1H3,(H3,21,22,23,24,25);2*3-11H,12-13H2,1-2H3,(H3,20,21,22,23,24);3-11H,12-13H2,1-2H3,(H3,20,21,22,23,24);1H4. The summed E-state index contributed by atoms with van der Waals surface area (Å²) >= 11 is 0. The van der Waals surface area contributed by atoms with E-state index in [1.807, 2.05) is 187 Å². The Morgan fingerprint density at radius 3 is 1.05 bits per heavy atom. The number of nitrogens with one attached hydrogen (secondary N) is 4. The van der Waals surface area contributed by atoms with Crippen LogP contribution in [0.3, 0.4) is 0 Å². The molecule has 0 atom stereocenters. The SMILES string of the molecule is C.CN(Cc1ccccc1)Cc1nc(N)nc(Nc2cccc(C#N)c2)n1.COc1cccc(Nc2nc(N)nc(CN(C)Cc3ccccc3)n2)c1.COc1ccccc1Nc1nc(N)nc(CN(C)Cc2ccccc2)n1.Cc1ccc(Nc2nc(N)nc(CN(C)Cc3ccccc3)n2)cc1. The summed E-state index contributed by atoms with van der Waals surface area (Å²) in [4.78, 5) is 59.9. The highest BCUT2D eigenvalue weighted by Gasteiger charge is 2.15. The summed E-state index contributed by atoms with van der Waals surface area (Å²) in [6, 6.07) is 73.2. The Labute approximate surface area is 607 Å². The predicted octanol–water partition coefficient (Wildman–Crippen LogP) is 12.2. The van der Waals surface area contributed by atoms with Crippen molar-refractivity contribution in [2.45, 2.75) is 66.7 Å². The van der Waals surface area contributed by atoms with E-state index in [1.165, 1.54) is 27.8 Å². The van der Waals surface area contributed by atoms with Gasteiger partial charge in [-0.3, -0.25) is 19.6 Å². The number of methoxy groups -OCH3 is 2. The Bertz CT molecular complexity index is 4620. The van der Waals surface area contributed by atoms with Crippen molar-refractivity contribution < 1.29 is 9.47 Å². The highest BCUT2D eigenvalue weighted by atomic mass is 16.5. The van der Waals surface area contributed by atoms with Crippen LogP contribution in [-0.4, -0.2) is 122 Å². The molecule has 0 saturated carbocycles. The van der Waals surface area contributed by atoms with Crippen molar-refractivity contribution >= 4 is 70.3 Å². The number of nitrogen functional groups attached to an aromatic ring is 4. The van der Waals surface area contributed by atoms with Crippen LogP contribution < -0.4 is 53.7 Å². The summed E-state index contributed by atoms with van der Waals surface area (Å²) in [5, 5.41) is 21.5. The van der Waals surface area contributed by atoms with Gasteiger partial charge in [-0.05, 0) is 112 Å². The monoisotopic (exact) mass is 1400 g/mol. The fraction of sp³-hybridized carbons (Fsp3) is 0.208. The van der Waals surface area contributed by atoms with Gasteiger partial charge < -0.3 is 53.7 Å². The van der Waals surface area contributed by atoms with E-state index in [9.17, 15) is 0 Å². The molecular weight excluding hydrogens is 1310 g/mol. The second-order valence-electron chi connectivity index (χ2n) is 23.9. The van der Waals surface area contributed by atoms with Gasteiger partial charge in [-0.25, -0.2) is 0 Å². The van der Waals surface area contributed by atoms with Gasteiger partial charge in [0.15, 0.2) is 0 Å². The molecule has 0 spiro atoms. The van der Waals surface area contributed by atoms with Crippen molar-refractivity contribution in [3.8, 4) is 17.6 Å². The number of nitriles is 1. The molecule has 0 radical (unpaired) electrons. The van der Waals surface area contributed by atoms with Crippen molar-refractivity contribution in [2.75, 3.05) is 86.6 Å². The second kappa shape index (κ2) is 39.8. The van der Waals surface area contributed by atoms with E-state index in [2.05, 4.69) is 155 Å². The molecule has 8 aromatic carbocycles. The zero-order valence-electron chi connectivity index (χ0n) is 58.7. The number of benzene rings is 8. The maximum atomic E-state index is 8.99. The normalized spacial score (nSPS) is 10.6. The summed E-state index contributed by atoms with van der Waals surface area (Å²) in [6.45, 7) is 7.47. The van der Waals surface area contributed by atoms with E-state index < -0.39 is 0 Å². The zero-order valence-corrected chi connectivity index (χ0v) is 58.7. The van der Waals surface area contributed by atoms with Crippen LogP contribution in [0, 0.1) is 18.3 Å². The van der Waals surface area contributed by atoms with E-state index in [-0.39, 0.29) is 31.2 Å². The highest BCUT2D eigenvalue weighted by molar-refractivity contribution is 5.63. The minimum absolute atomic E-state index is 0. The van der Waals surface area contributed by atoms with Crippen molar-refractivity contribution in [3.05, 3.63) is 275 Å². The fourth-order valence-electron chi connectivity index (χ4n) is 10.3. The maximum absolute atomic E-state index is 8.99. The molecule has 0 fully saturated rings. The molecule has 27 heteroatoms. The van der Waals surface area contributed by atoms with E-state index in [4.69, 9.17) is 37.7 Å². The van der Waals surface area contributed by atoms with E-state index >= 15 is 0 Å². The number of nitrogens with two attached hydrogens (primary N) is 4. The maximum Gasteiger partial charge on any atom is 0.232 e. The summed E-state index contributed by atoms with van der Waals surface area (Å²) in [5.74, 6) is 6.25. The van der Waals surface area contributed by atoms with Gasteiger partial charge in [0.05, 0.1) is 57.7 Å². The quantitative estimate of drug-likeness (QED) is 0.0250. The number of rotatable bonds is 26. The zero-order chi connectivity index (χ0) is 72.7. The topological polar surface area (TPSA) is 362 Å². The molecule has 534 valence electrons. The third-order valence-corrected chi connectivity index (χ3v) is 14.9. The van der Waals surface area contributed by atoms with Gasteiger partial charge in [0.2, 0.25) is 47.6 Å². The molecule has 0 unspecified atom stereocenters. The van der Waals surface area contributed by atoms with E-state index in [1.54, 1.807) is 32.4 Å². The molecule has 4 aromatic heterocycles. The average molecular weight is 1400 g/mol. The van der Waals surface area contributed by atoms with Gasteiger partial charge in [0, 0.05) is 49.3 Å². The first-order chi connectivity index (χ1) is 50.0. The summed E-state index contributed by atoms with van der Waals surface area (Å²) in [7, 11) is 11.3. The van der Waals surface area contributed by atoms with Crippen LogP contribution >= 0.6 is 0 Å². The summed E-state index contributed by atoms with van der Waals surface area (Å²) < 4.78 is 10.6. The number of aromatic nitrogens is 12. The lowest BCUT2D eigenvalue weighted by atomic mass is 10.2. The second-order valence-corrected chi connectivity index (χ2v) is 23.9. The molecule has 0 bridgehead atoms. The van der Waals surface area contributed by atoms with Gasteiger partial charge >= 0.3 is 0 Å². The van der Waals surface area contributed by atoms with Crippen LogP contribution in [0.5, 0.6) is 11.5 Å². The van der Waals surface area contributed by atoms with Gasteiger partial charge in [-0.15, -0.1) is 0 Å². The van der Waals surface area contributed by atoms with Crippen LogP contribution in [0.2, 0.25) is 0 Å². The first kappa shape index (κ1) is 76.9. The molecule has 0 aliphatic rings. The van der Waals surface area contributed by atoms with Crippen molar-refractivity contribution in [1.29, 1.82) is 5.26 Å². The lowest BCUT2D eigenvalue weighted by Gasteiger charge is -2.16. The summed E-state index contributed by atoms with van der Waals surface area (Å²) in [5.41, 5.74) is 33.3. The van der Waals surface area contributed by atoms with Crippen LogP contribution in [0.1, 0.15) is 64.1 Å². The van der Waals surface area contributed by atoms with Crippen molar-refractivity contribution in [2.24, 2.45) is 0 Å². The molecule has 0 saturated heterocycles. The van der Waals surface area contributed by atoms with Gasteiger partial charge in [0.25, 0.3) is 0 Å². The lowest BCUT2D eigenvalue weighted by molar-refractivity contribution is 0.310. The molecule has 27 nitrogen and oxygen atoms in total. The fourth-order valence-corrected chi connectivity index (χ4v) is 10.3. The molecule has 0 aliphatic carbocycles.